The molecule has 0 aliphatic carbocycles. The van der Waals surface area contributed by atoms with Crippen LogP contribution in [0.3, 0.4) is 0 Å². The molecule has 18 heavy (non-hydrogen) atoms. The highest BCUT2D eigenvalue weighted by molar-refractivity contribution is 5.97. The topological polar surface area (TPSA) is 62.2 Å². The molecule has 0 aliphatic rings. The number of aromatic nitrogens is 1. The first-order chi connectivity index (χ1) is 8.58. The number of nitrogens with one attached hydrogen (secondary N) is 1. The summed E-state index contributed by atoms with van der Waals surface area (Å²) in [5, 5.41) is 13.1. The highest BCUT2D eigenvalue weighted by atomic mass is 16.4. The standard InChI is InChI=1S/C14H14N2O2/c1-9(2)8-15-12-7-13(14(17)18)16-11-6-4-3-5-10(11)12/h3-7H,1,8H2,2H3,(H,15,16)(H,17,18). The molecule has 1 heterocycles. The summed E-state index contributed by atoms with van der Waals surface area (Å²) in [5.74, 6) is -1.03. The Morgan fingerprint density at radius 3 is 2.83 bits per heavy atom. The van der Waals surface area contributed by atoms with Crippen LogP contribution in [0.2, 0.25) is 0 Å². The summed E-state index contributed by atoms with van der Waals surface area (Å²) in [6, 6.07) is 9.00. The molecule has 92 valence electrons. The van der Waals surface area contributed by atoms with Gasteiger partial charge in [0.1, 0.15) is 0 Å². The highest BCUT2D eigenvalue weighted by Gasteiger charge is 2.10. The normalized spacial score (nSPS) is 10.3. The van der Waals surface area contributed by atoms with Crippen LogP contribution < -0.4 is 5.32 Å². The van der Waals surface area contributed by atoms with Gasteiger partial charge in [-0.1, -0.05) is 30.4 Å². The van der Waals surface area contributed by atoms with E-state index in [4.69, 9.17) is 5.11 Å². The van der Waals surface area contributed by atoms with Crippen LogP contribution in [0, 0.1) is 0 Å². The molecular formula is C14H14N2O2. The van der Waals surface area contributed by atoms with Crippen molar-refractivity contribution in [2.24, 2.45) is 0 Å². The molecule has 0 atom stereocenters. The minimum absolute atomic E-state index is 0.0397. The summed E-state index contributed by atoms with van der Waals surface area (Å²) < 4.78 is 0. The number of rotatable bonds is 4. The van der Waals surface area contributed by atoms with E-state index in [-0.39, 0.29) is 5.69 Å². The number of para-hydroxylation sites is 1. The van der Waals surface area contributed by atoms with E-state index in [9.17, 15) is 4.79 Å². The van der Waals surface area contributed by atoms with Gasteiger partial charge in [0, 0.05) is 17.6 Å². The number of benzene rings is 1. The zero-order chi connectivity index (χ0) is 13.1. The summed E-state index contributed by atoms with van der Waals surface area (Å²) in [5.41, 5.74) is 2.45. The summed E-state index contributed by atoms with van der Waals surface area (Å²) >= 11 is 0. The number of pyridine rings is 1. The summed E-state index contributed by atoms with van der Waals surface area (Å²) in [4.78, 5) is 15.1. The van der Waals surface area contributed by atoms with Crippen molar-refractivity contribution >= 4 is 22.6 Å². The van der Waals surface area contributed by atoms with Gasteiger partial charge in [-0.2, -0.15) is 0 Å². The van der Waals surface area contributed by atoms with E-state index in [2.05, 4.69) is 16.9 Å². The Morgan fingerprint density at radius 2 is 2.17 bits per heavy atom. The van der Waals surface area contributed by atoms with Crippen molar-refractivity contribution in [1.82, 2.24) is 4.98 Å². The second-order valence-corrected chi connectivity index (χ2v) is 4.19. The zero-order valence-corrected chi connectivity index (χ0v) is 10.1. The van der Waals surface area contributed by atoms with Gasteiger partial charge in [-0.05, 0) is 19.1 Å². The molecule has 1 aromatic carbocycles. The molecule has 0 saturated heterocycles. The second-order valence-electron chi connectivity index (χ2n) is 4.19. The number of carboxylic acid groups (broad SMARTS) is 1. The maximum Gasteiger partial charge on any atom is 0.354 e. The molecule has 0 spiro atoms. The number of carbonyl (C=O) groups is 1. The van der Waals surface area contributed by atoms with Gasteiger partial charge in [0.2, 0.25) is 0 Å². The number of nitrogens with zero attached hydrogens (tertiary/aromatic N) is 1. The third kappa shape index (κ3) is 2.48. The maximum atomic E-state index is 11.0. The molecule has 4 heteroatoms. The molecule has 4 nitrogen and oxygen atoms in total. The molecule has 0 amide bonds. The van der Waals surface area contributed by atoms with Crippen LogP contribution in [0.5, 0.6) is 0 Å². The molecule has 0 fully saturated rings. The molecule has 0 saturated carbocycles. The number of hydrogen-bond acceptors (Lipinski definition) is 3. The number of carboxylic acids is 1. The fourth-order valence-corrected chi connectivity index (χ4v) is 1.68. The van der Waals surface area contributed by atoms with Crippen LogP contribution in [-0.2, 0) is 0 Å². The molecular weight excluding hydrogens is 228 g/mol. The zero-order valence-electron chi connectivity index (χ0n) is 10.1. The van der Waals surface area contributed by atoms with Gasteiger partial charge in [0.15, 0.2) is 5.69 Å². The third-order valence-corrected chi connectivity index (χ3v) is 2.52. The van der Waals surface area contributed by atoms with Crippen molar-refractivity contribution in [1.29, 1.82) is 0 Å². The van der Waals surface area contributed by atoms with E-state index in [1.165, 1.54) is 0 Å². The van der Waals surface area contributed by atoms with Gasteiger partial charge in [-0.25, -0.2) is 9.78 Å². The Morgan fingerprint density at radius 1 is 1.44 bits per heavy atom. The Balaban J connectivity index is 2.53. The van der Waals surface area contributed by atoms with Crippen LogP contribution in [0.15, 0.2) is 42.5 Å². The minimum Gasteiger partial charge on any atom is -0.477 e. The fraction of sp³-hybridized carbons (Fsp3) is 0.143. The lowest BCUT2D eigenvalue weighted by molar-refractivity contribution is 0.0691. The molecule has 0 aliphatic heterocycles. The van der Waals surface area contributed by atoms with E-state index in [1.807, 2.05) is 25.1 Å². The van der Waals surface area contributed by atoms with Crippen molar-refractivity contribution in [2.45, 2.75) is 6.92 Å². The summed E-state index contributed by atoms with van der Waals surface area (Å²) in [7, 11) is 0. The van der Waals surface area contributed by atoms with Crippen LogP contribution >= 0.6 is 0 Å². The highest BCUT2D eigenvalue weighted by Crippen LogP contribution is 2.23. The molecule has 0 unspecified atom stereocenters. The van der Waals surface area contributed by atoms with Crippen LogP contribution in [0.25, 0.3) is 10.9 Å². The number of hydrogen-bond donors (Lipinski definition) is 2. The van der Waals surface area contributed by atoms with E-state index in [1.54, 1.807) is 12.1 Å². The first-order valence-corrected chi connectivity index (χ1v) is 5.59. The minimum atomic E-state index is -1.03. The first-order valence-electron chi connectivity index (χ1n) is 5.59. The smallest absolute Gasteiger partial charge is 0.354 e. The lowest BCUT2D eigenvalue weighted by Gasteiger charge is -2.10. The lowest BCUT2D eigenvalue weighted by Crippen LogP contribution is -2.06. The van der Waals surface area contributed by atoms with Crippen molar-refractivity contribution < 1.29 is 9.90 Å². The summed E-state index contributed by atoms with van der Waals surface area (Å²) in [6.07, 6.45) is 0. The largest absolute Gasteiger partial charge is 0.477 e. The predicted molar refractivity (Wildman–Crippen MR) is 72.0 cm³/mol. The first kappa shape index (κ1) is 12.1. The Bertz CT molecular complexity index is 620. The van der Waals surface area contributed by atoms with Crippen LogP contribution in [0.4, 0.5) is 5.69 Å². The quantitative estimate of drug-likeness (QED) is 0.809. The van der Waals surface area contributed by atoms with Gasteiger partial charge in [-0.15, -0.1) is 0 Å². The summed E-state index contributed by atoms with van der Waals surface area (Å²) in [6.45, 7) is 6.33. The van der Waals surface area contributed by atoms with Crippen LogP contribution in [-0.4, -0.2) is 22.6 Å². The molecule has 2 aromatic rings. The maximum absolute atomic E-state index is 11.0. The Labute approximate surface area is 105 Å². The average molecular weight is 242 g/mol. The predicted octanol–water partition coefficient (Wildman–Crippen LogP) is 2.92. The van der Waals surface area contributed by atoms with Crippen molar-refractivity contribution in [3.8, 4) is 0 Å². The van der Waals surface area contributed by atoms with Gasteiger partial charge in [-0.3, -0.25) is 0 Å². The van der Waals surface area contributed by atoms with E-state index in [0.717, 1.165) is 16.6 Å². The molecule has 0 radical (unpaired) electrons. The monoisotopic (exact) mass is 242 g/mol. The molecule has 1 aromatic heterocycles. The molecule has 2 rings (SSSR count). The third-order valence-electron chi connectivity index (χ3n) is 2.52. The van der Waals surface area contributed by atoms with Crippen molar-refractivity contribution in [3.05, 3.63) is 48.2 Å². The van der Waals surface area contributed by atoms with Crippen LogP contribution in [0.1, 0.15) is 17.4 Å². The Kier molecular flexibility index (Phi) is 3.28. The SMILES string of the molecule is C=C(C)CNc1cc(C(=O)O)nc2ccccc12. The van der Waals surface area contributed by atoms with Gasteiger partial charge in [0.25, 0.3) is 0 Å². The van der Waals surface area contributed by atoms with E-state index in [0.29, 0.717) is 12.1 Å². The number of anilines is 1. The molecule has 2 N–H and O–H groups in total. The average Bonchev–Trinajstić information content (AvgIpc) is 2.35. The molecule has 0 bridgehead atoms. The fourth-order valence-electron chi connectivity index (χ4n) is 1.68. The van der Waals surface area contributed by atoms with E-state index < -0.39 is 5.97 Å². The van der Waals surface area contributed by atoms with Crippen molar-refractivity contribution in [3.63, 3.8) is 0 Å². The van der Waals surface area contributed by atoms with Crippen molar-refractivity contribution in [2.75, 3.05) is 11.9 Å². The van der Waals surface area contributed by atoms with E-state index >= 15 is 0 Å². The number of aromatic carboxylic acids is 1. The van der Waals surface area contributed by atoms with Gasteiger partial charge >= 0.3 is 5.97 Å². The lowest BCUT2D eigenvalue weighted by atomic mass is 10.1. The number of fused-ring (bicyclic) bond motifs is 1. The van der Waals surface area contributed by atoms with Gasteiger partial charge < -0.3 is 10.4 Å². The van der Waals surface area contributed by atoms with Gasteiger partial charge in [0.05, 0.1) is 5.52 Å². The Hall–Kier alpha value is -2.36. The second kappa shape index (κ2) is 4.87.